The largest absolute Gasteiger partial charge is 0.333 e. The minimum Gasteiger partial charge on any atom is -0.294 e. The van der Waals surface area contributed by atoms with Gasteiger partial charge in [-0.25, -0.2) is 5.14 Å². The van der Waals surface area contributed by atoms with Crippen LogP contribution in [0.5, 0.6) is 0 Å². The highest BCUT2D eigenvalue weighted by atomic mass is 32.2. The molecule has 0 aliphatic heterocycles. The van der Waals surface area contributed by atoms with E-state index >= 15 is 0 Å². The lowest BCUT2D eigenvalue weighted by Gasteiger charge is -2.00. The molecular weight excluding hydrogens is 218 g/mol. The third kappa shape index (κ3) is 4.68. The quantitative estimate of drug-likeness (QED) is 0.744. The number of hydrogen-bond acceptors (Lipinski definition) is 4. The van der Waals surface area contributed by atoms with Crippen molar-refractivity contribution in [3.05, 3.63) is 35.9 Å². The van der Waals surface area contributed by atoms with Gasteiger partial charge in [0, 0.05) is 12.0 Å². The van der Waals surface area contributed by atoms with Gasteiger partial charge in [0.05, 0.1) is 6.61 Å². The number of Topliss-reactive ketones (excluding diaryl/α,β-unsaturated/α-hetero) is 1. The van der Waals surface area contributed by atoms with Gasteiger partial charge < -0.3 is 0 Å². The fraction of sp³-hybridized carbons (Fsp3) is 0.222. The molecule has 6 heteroatoms. The molecule has 82 valence electrons. The Morgan fingerprint density at radius 2 is 1.87 bits per heavy atom. The van der Waals surface area contributed by atoms with Gasteiger partial charge in [-0.15, -0.1) is 0 Å². The highest BCUT2D eigenvalue weighted by Gasteiger charge is 2.07. The Labute approximate surface area is 88.1 Å². The summed E-state index contributed by atoms with van der Waals surface area (Å²) < 4.78 is 25.0. The minimum absolute atomic E-state index is 0.0134. The molecule has 0 amide bonds. The van der Waals surface area contributed by atoms with Crippen LogP contribution in [0.3, 0.4) is 0 Å². The standard InChI is InChI=1S/C9H11NO4S/c10-15(12,13)14-7-6-9(11)8-4-2-1-3-5-8/h1-5H,6-7H2,(H2,10,12,13). The normalized spacial score (nSPS) is 11.3. The van der Waals surface area contributed by atoms with Crippen LogP contribution in [0.25, 0.3) is 0 Å². The van der Waals surface area contributed by atoms with E-state index in [1.165, 1.54) is 0 Å². The molecule has 0 radical (unpaired) electrons. The van der Waals surface area contributed by atoms with E-state index < -0.39 is 10.3 Å². The Hall–Kier alpha value is -1.24. The van der Waals surface area contributed by atoms with Gasteiger partial charge in [0.1, 0.15) is 0 Å². The molecule has 0 unspecified atom stereocenters. The Bertz CT molecular complexity index is 427. The Kier molecular flexibility index (Phi) is 3.96. The molecule has 1 rings (SSSR count). The maximum atomic E-state index is 11.4. The molecule has 1 aromatic carbocycles. The number of nitrogens with two attached hydrogens (primary N) is 1. The summed E-state index contributed by atoms with van der Waals surface area (Å²) in [4.78, 5) is 11.4. The number of benzene rings is 1. The molecule has 1 aromatic rings. The molecule has 0 atom stereocenters. The second-order valence-corrected chi connectivity index (χ2v) is 4.08. The van der Waals surface area contributed by atoms with Crippen LogP contribution in [0.4, 0.5) is 0 Å². The fourth-order valence-electron chi connectivity index (χ4n) is 1.02. The topological polar surface area (TPSA) is 86.5 Å². The predicted molar refractivity (Wildman–Crippen MR) is 54.4 cm³/mol. The summed E-state index contributed by atoms with van der Waals surface area (Å²) in [5.74, 6) is -0.181. The van der Waals surface area contributed by atoms with Crippen LogP contribution in [-0.4, -0.2) is 20.8 Å². The van der Waals surface area contributed by atoms with Crippen LogP contribution in [-0.2, 0) is 14.5 Å². The molecule has 5 nitrogen and oxygen atoms in total. The van der Waals surface area contributed by atoms with Gasteiger partial charge in [0.15, 0.2) is 5.78 Å². The number of ketones is 1. The summed E-state index contributed by atoms with van der Waals surface area (Å²) in [6.07, 6.45) is -0.0134. The second-order valence-electron chi connectivity index (χ2n) is 2.85. The summed E-state index contributed by atoms with van der Waals surface area (Å²) in [5.41, 5.74) is 0.524. The minimum atomic E-state index is -3.95. The average Bonchev–Trinajstić information content (AvgIpc) is 2.17. The lowest BCUT2D eigenvalue weighted by atomic mass is 10.1. The zero-order valence-electron chi connectivity index (χ0n) is 7.92. The first kappa shape index (κ1) is 11.8. The van der Waals surface area contributed by atoms with E-state index in [1.807, 2.05) is 0 Å². The summed E-state index contributed by atoms with van der Waals surface area (Å²) in [7, 11) is -3.95. The van der Waals surface area contributed by atoms with Crippen LogP contribution >= 0.6 is 0 Å². The summed E-state index contributed by atoms with van der Waals surface area (Å²) >= 11 is 0. The second kappa shape index (κ2) is 5.01. The van der Waals surface area contributed by atoms with Crippen molar-refractivity contribution in [3.8, 4) is 0 Å². The summed E-state index contributed by atoms with van der Waals surface area (Å²) in [5, 5.41) is 4.60. The molecule has 0 bridgehead atoms. The van der Waals surface area contributed by atoms with Gasteiger partial charge in [0.2, 0.25) is 0 Å². The van der Waals surface area contributed by atoms with Gasteiger partial charge >= 0.3 is 10.3 Å². The Morgan fingerprint density at radius 3 is 2.40 bits per heavy atom. The molecular formula is C9H11NO4S. The van der Waals surface area contributed by atoms with E-state index in [9.17, 15) is 13.2 Å². The van der Waals surface area contributed by atoms with Gasteiger partial charge in [-0.05, 0) is 0 Å². The molecule has 0 aromatic heterocycles. The molecule has 2 N–H and O–H groups in total. The maximum absolute atomic E-state index is 11.4. The van der Waals surface area contributed by atoms with Crippen LogP contribution in [0.15, 0.2) is 30.3 Å². The van der Waals surface area contributed by atoms with E-state index in [4.69, 9.17) is 0 Å². The van der Waals surface area contributed by atoms with Gasteiger partial charge in [-0.3, -0.25) is 8.98 Å². The van der Waals surface area contributed by atoms with Crippen LogP contribution in [0.1, 0.15) is 16.8 Å². The van der Waals surface area contributed by atoms with Gasteiger partial charge in [0.25, 0.3) is 0 Å². The first-order valence-electron chi connectivity index (χ1n) is 4.24. The third-order valence-electron chi connectivity index (χ3n) is 1.67. The van der Waals surface area contributed by atoms with Crippen molar-refractivity contribution in [2.45, 2.75) is 6.42 Å². The van der Waals surface area contributed by atoms with Crippen molar-refractivity contribution in [3.63, 3.8) is 0 Å². The Morgan fingerprint density at radius 1 is 1.27 bits per heavy atom. The molecule has 0 spiro atoms. The number of hydrogen-bond donors (Lipinski definition) is 1. The number of carbonyl (C=O) groups excluding carboxylic acids is 1. The van der Waals surface area contributed by atoms with Crippen molar-refractivity contribution in [1.29, 1.82) is 0 Å². The molecule has 0 aliphatic rings. The maximum Gasteiger partial charge on any atom is 0.333 e. The molecule has 15 heavy (non-hydrogen) atoms. The van der Waals surface area contributed by atoms with Crippen molar-refractivity contribution in [2.75, 3.05) is 6.61 Å². The van der Waals surface area contributed by atoms with Crippen molar-refractivity contribution < 1.29 is 17.4 Å². The molecule has 0 aliphatic carbocycles. The number of carbonyl (C=O) groups is 1. The fourth-order valence-corrected chi connectivity index (χ4v) is 1.33. The van der Waals surface area contributed by atoms with Crippen molar-refractivity contribution >= 4 is 16.1 Å². The Balaban J connectivity index is 2.45. The van der Waals surface area contributed by atoms with Crippen molar-refractivity contribution in [1.82, 2.24) is 0 Å². The number of rotatable bonds is 5. The SMILES string of the molecule is NS(=O)(=O)OCCC(=O)c1ccccc1. The zero-order valence-corrected chi connectivity index (χ0v) is 8.74. The predicted octanol–water partition coefficient (Wildman–Crippen LogP) is 0.479. The summed E-state index contributed by atoms with van der Waals surface area (Å²) in [6, 6.07) is 8.55. The van der Waals surface area contributed by atoms with Crippen LogP contribution in [0, 0.1) is 0 Å². The van der Waals surface area contributed by atoms with Gasteiger partial charge in [-0.2, -0.15) is 8.42 Å². The van der Waals surface area contributed by atoms with Crippen molar-refractivity contribution in [2.24, 2.45) is 5.14 Å². The lowest BCUT2D eigenvalue weighted by Crippen LogP contribution is -2.17. The van der Waals surface area contributed by atoms with Crippen LogP contribution in [0.2, 0.25) is 0 Å². The third-order valence-corrected chi connectivity index (χ3v) is 2.17. The van der Waals surface area contributed by atoms with E-state index in [0.29, 0.717) is 5.56 Å². The highest BCUT2D eigenvalue weighted by Crippen LogP contribution is 2.03. The average molecular weight is 229 g/mol. The van der Waals surface area contributed by atoms with E-state index in [-0.39, 0.29) is 18.8 Å². The van der Waals surface area contributed by atoms with E-state index in [2.05, 4.69) is 9.32 Å². The monoisotopic (exact) mass is 229 g/mol. The molecule has 0 saturated heterocycles. The lowest BCUT2D eigenvalue weighted by molar-refractivity contribution is 0.0964. The summed E-state index contributed by atoms with van der Waals surface area (Å²) in [6.45, 7) is -0.230. The smallest absolute Gasteiger partial charge is 0.294 e. The van der Waals surface area contributed by atoms with Gasteiger partial charge in [-0.1, -0.05) is 30.3 Å². The van der Waals surface area contributed by atoms with Crippen LogP contribution < -0.4 is 5.14 Å². The highest BCUT2D eigenvalue weighted by molar-refractivity contribution is 7.84. The molecule has 0 heterocycles. The first-order chi connectivity index (χ1) is 6.99. The zero-order chi connectivity index (χ0) is 11.3. The molecule has 0 fully saturated rings. The van der Waals surface area contributed by atoms with E-state index in [1.54, 1.807) is 30.3 Å². The molecule has 0 saturated carbocycles. The first-order valence-corrected chi connectivity index (χ1v) is 5.71. The van der Waals surface area contributed by atoms with E-state index in [0.717, 1.165) is 0 Å².